The second kappa shape index (κ2) is 6.49. The van der Waals surface area contributed by atoms with Crippen LogP contribution in [0.2, 0.25) is 0 Å². The molecule has 11 heteroatoms. The smallest absolute Gasteiger partial charge is 0.435 e. The Labute approximate surface area is 137 Å². The van der Waals surface area contributed by atoms with E-state index in [1.807, 2.05) is 0 Å². The maximum absolute atomic E-state index is 12.8. The zero-order valence-electron chi connectivity index (χ0n) is 12.3. The van der Waals surface area contributed by atoms with Crippen molar-refractivity contribution in [2.75, 3.05) is 5.32 Å². The molecule has 25 heavy (non-hydrogen) atoms. The van der Waals surface area contributed by atoms with Crippen LogP contribution in [-0.2, 0) is 12.7 Å². The van der Waals surface area contributed by atoms with Gasteiger partial charge in [0.1, 0.15) is 11.6 Å². The molecule has 0 radical (unpaired) electrons. The fourth-order valence-electron chi connectivity index (χ4n) is 2.04. The highest BCUT2D eigenvalue weighted by atomic mass is 19.4. The Morgan fingerprint density at radius 2 is 1.76 bits per heavy atom. The van der Waals surface area contributed by atoms with Gasteiger partial charge in [-0.25, -0.2) is 0 Å². The van der Waals surface area contributed by atoms with E-state index in [0.29, 0.717) is 10.1 Å². The van der Waals surface area contributed by atoms with Gasteiger partial charge in [0.05, 0.1) is 0 Å². The zero-order chi connectivity index (χ0) is 18.0. The van der Waals surface area contributed by atoms with Gasteiger partial charge in [-0.1, -0.05) is 12.1 Å². The summed E-state index contributed by atoms with van der Waals surface area (Å²) in [4.78, 5) is 0. The lowest BCUT2D eigenvalue weighted by Crippen LogP contribution is -2.13. The van der Waals surface area contributed by atoms with Gasteiger partial charge in [0.25, 0.3) is 5.82 Å². The molecule has 0 aliphatic carbocycles. The van der Waals surface area contributed by atoms with Crippen molar-refractivity contribution in [3.8, 4) is 5.75 Å². The number of aromatic nitrogens is 4. The number of hydrogen-bond acceptors (Lipinski definition) is 5. The van der Waals surface area contributed by atoms with Crippen LogP contribution in [0.1, 0.15) is 11.4 Å². The quantitative estimate of drug-likeness (QED) is 0.708. The Bertz CT molecular complexity index is 862. The number of anilines is 1. The van der Waals surface area contributed by atoms with E-state index in [1.165, 1.54) is 24.3 Å². The molecule has 0 bridgehead atoms. The van der Waals surface area contributed by atoms with Crippen molar-refractivity contribution in [3.63, 3.8) is 0 Å². The van der Waals surface area contributed by atoms with Crippen LogP contribution in [0.4, 0.5) is 27.8 Å². The first-order valence-corrected chi connectivity index (χ1v) is 6.90. The maximum Gasteiger partial charge on any atom is 0.453 e. The number of benzene rings is 1. The number of nitrogens with zero attached hydrogens (tertiary/aromatic N) is 4. The van der Waals surface area contributed by atoms with Crippen molar-refractivity contribution < 1.29 is 26.7 Å². The summed E-state index contributed by atoms with van der Waals surface area (Å²) in [6.45, 7) is -2.69. The number of rotatable bonds is 5. The van der Waals surface area contributed by atoms with Crippen LogP contribution in [0, 0.1) is 0 Å². The number of hydrogen-bond donors (Lipinski definition) is 1. The molecule has 0 amide bonds. The highest BCUT2D eigenvalue weighted by Crippen LogP contribution is 2.27. The normalized spacial score (nSPS) is 11.9. The molecule has 0 aliphatic heterocycles. The molecular formula is C14H10F5N5O. The van der Waals surface area contributed by atoms with E-state index < -0.39 is 18.6 Å². The van der Waals surface area contributed by atoms with Crippen molar-refractivity contribution >= 4 is 11.5 Å². The summed E-state index contributed by atoms with van der Waals surface area (Å²) < 4.78 is 67.4. The summed E-state index contributed by atoms with van der Waals surface area (Å²) in [6, 6.07) is 8.62. The third-order valence-corrected chi connectivity index (χ3v) is 3.14. The Kier molecular flexibility index (Phi) is 4.38. The molecule has 132 valence electrons. The second-order valence-electron chi connectivity index (χ2n) is 4.89. The number of nitrogens with one attached hydrogen (secondary N) is 1. The van der Waals surface area contributed by atoms with Gasteiger partial charge in [0, 0.05) is 6.54 Å². The minimum atomic E-state index is -4.68. The predicted octanol–water partition coefficient (Wildman–Crippen LogP) is 3.36. The monoisotopic (exact) mass is 359 g/mol. The molecule has 0 saturated heterocycles. The highest BCUT2D eigenvalue weighted by molar-refractivity contribution is 5.44. The topological polar surface area (TPSA) is 64.3 Å². The molecular weight excluding hydrogens is 349 g/mol. The van der Waals surface area contributed by atoms with Gasteiger partial charge in [-0.3, -0.25) is 0 Å². The van der Waals surface area contributed by atoms with Crippen molar-refractivity contribution in [1.29, 1.82) is 0 Å². The standard InChI is InChI=1S/C14H10F5N5O/c15-13(16)25-9-3-1-8(2-4-9)7-20-10-5-6-11-21-22-12(14(17,18)19)24(11)23-10/h1-6,13H,7H2,(H,20,23). The number of ether oxygens (including phenoxy) is 1. The highest BCUT2D eigenvalue weighted by Gasteiger charge is 2.37. The van der Waals surface area contributed by atoms with E-state index in [4.69, 9.17) is 0 Å². The van der Waals surface area contributed by atoms with Gasteiger partial charge in [0.2, 0.25) is 0 Å². The summed E-state index contributed by atoms with van der Waals surface area (Å²) >= 11 is 0. The Morgan fingerprint density at radius 1 is 1.04 bits per heavy atom. The third kappa shape index (κ3) is 3.92. The summed E-state index contributed by atoms with van der Waals surface area (Å²) in [5.41, 5.74) is 0.662. The average Bonchev–Trinajstić information content (AvgIpc) is 2.97. The number of halogens is 5. The van der Waals surface area contributed by atoms with Crippen LogP contribution in [0.25, 0.3) is 5.65 Å². The number of fused-ring (bicyclic) bond motifs is 1. The fraction of sp³-hybridized carbons (Fsp3) is 0.214. The summed E-state index contributed by atoms with van der Waals surface area (Å²) in [6.07, 6.45) is -4.68. The fourth-order valence-corrected chi connectivity index (χ4v) is 2.04. The lowest BCUT2D eigenvalue weighted by molar-refractivity contribution is -0.146. The van der Waals surface area contributed by atoms with Crippen LogP contribution in [0.3, 0.4) is 0 Å². The molecule has 0 spiro atoms. The molecule has 3 rings (SSSR count). The largest absolute Gasteiger partial charge is 0.453 e. The molecule has 6 nitrogen and oxygen atoms in total. The van der Waals surface area contributed by atoms with Gasteiger partial charge >= 0.3 is 12.8 Å². The number of alkyl halides is 5. The molecule has 0 atom stereocenters. The van der Waals surface area contributed by atoms with Gasteiger partial charge < -0.3 is 10.1 Å². The first-order valence-electron chi connectivity index (χ1n) is 6.90. The lowest BCUT2D eigenvalue weighted by atomic mass is 10.2. The molecule has 0 fully saturated rings. The maximum atomic E-state index is 12.8. The molecule has 1 aromatic carbocycles. The first-order chi connectivity index (χ1) is 11.8. The molecule has 0 unspecified atom stereocenters. The van der Waals surface area contributed by atoms with Gasteiger partial charge in [-0.2, -0.15) is 26.5 Å². The molecule has 1 N–H and O–H groups in total. The van der Waals surface area contributed by atoms with E-state index in [9.17, 15) is 22.0 Å². The summed E-state index contributed by atoms with van der Waals surface area (Å²) in [5, 5.41) is 13.1. The van der Waals surface area contributed by atoms with Gasteiger partial charge in [-0.05, 0) is 29.8 Å². The van der Waals surface area contributed by atoms with Crippen LogP contribution < -0.4 is 10.1 Å². The third-order valence-electron chi connectivity index (χ3n) is 3.14. The second-order valence-corrected chi connectivity index (χ2v) is 4.89. The molecule has 3 aromatic rings. The van der Waals surface area contributed by atoms with E-state index in [2.05, 4.69) is 25.3 Å². The SMILES string of the molecule is FC(F)Oc1ccc(CNc2ccc3nnc(C(F)(F)F)n3n2)cc1. The van der Waals surface area contributed by atoms with Crippen molar-refractivity contribution in [1.82, 2.24) is 19.8 Å². The molecule has 2 heterocycles. The van der Waals surface area contributed by atoms with Crippen LogP contribution in [0.15, 0.2) is 36.4 Å². The van der Waals surface area contributed by atoms with Gasteiger partial charge in [0.15, 0.2) is 5.65 Å². The minimum Gasteiger partial charge on any atom is -0.435 e. The molecule has 0 saturated carbocycles. The van der Waals surface area contributed by atoms with Gasteiger partial charge in [-0.15, -0.1) is 15.3 Å². The van der Waals surface area contributed by atoms with E-state index in [0.717, 1.165) is 0 Å². The molecule has 2 aromatic heterocycles. The average molecular weight is 359 g/mol. The predicted molar refractivity (Wildman–Crippen MR) is 76.2 cm³/mol. The van der Waals surface area contributed by atoms with Crippen LogP contribution in [-0.4, -0.2) is 26.4 Å². The van der Waals surface area contributed by atoms with Crippen LogP contribution in [0.5, 0.6) is 5.75 Å². The molecule has 0 aliphatic rings. The Balaban J connectivity index is 1.73. The Hall–Kier alpha value is -2.98. The van der Waals surface area contributed by atoms with E-state index >= 15 is 0 Å². The summed E-state index contributed by atoms with van der Waals surface area (Å²) in [5.74, 6) is -1.04. The van der Waals surface area contributed by atoms with Crippen molar-refractivity contribution in [3.05, 3.63) is 47.8 Å². The minimum absolute atomic E-state index is 0.0117. The summed E-state index contributed by atoms with van der Waals surface area (Å²) in [7, 11) is 0. The Morgan fingerprint density at radius 3 is 2.40 bits per heavy atom. The van der Waals surface area contributed by atoms with Crippen molar-refractivity contribution in [2.45, 2.75) is 19.3 Å². The van der Waals surface area contributed by atoms with Crippen LogP contribution >= 0.6 is 0 Å². The zero-order valence-corrected chi connectivity index (χ0v) is 12.3. The lowest BCUT2D eigenvalue weighted by Gasteiger charge is -2.08. The van der Waals surface area contributed by atoms with Crippen molar-refractivity contribution in [2.24, 2.45) is 0 Å². The first kappa shape index (κ1) is 16.9. The van der Waals surface area contributed by atoms with E-state index in [-0.39, 0.29) is 23.8 Å². The van der Waals surface area contributed by atoms with E-state index in [1.54, 1.807) is 12.1 Å².